The van der Waals surface area contributed by atoms with Crippen LogP contribution < -0.4 is 11.3 Å². The summed E-state index contributed by atoms with van der Waals surface area (Å²) in [7, 11) is 1.88. The predicted octanol–water partition coefficient (Wildman–Crippen LogP) is 2.69. The number of rotatable bonds is 4. The van der Waals surface area contributed by atoms with Gasteiger partial charge in [0.25, 0.3) is 0 Å². The monoisotopic (exact) mass is 350 g/mol. The fourth-order valence-electron chi connectivity index (χ4n) is 2.94. The van der Waals surface area contributed by atoms with Crippen LogP contribution in [0.5, 0.6) is 0 Å². The summed E-state index contributed by atoms with van der Waals surface area (Å²) in [5.41, 5.74) is 4.77. The Labute approximate surface area is 126 Å². The lowest BCUT2D eigenvalue weighted by molar-refractivity contribution is -0.0496. The Morgan fingerprint density at radius 1 is 1.50 bits per heavy atom. The summed E-state index contributed by atoms with van der Waals surface area (Å²) in [6.45, 7) is 1.93. The molecule has 1 fully saturated rings. The molecular formula is C13H21BrF2N4. The third-order valence-electron chi connectivity index (χ3n) is 4.22. The molecule has 20 heavy (non-hydrogen) atoms. The highest BCUT2D eigenvalue weighted by molar-refractivity contribution is 9.10. The van der Waals surface area contributed by atoms with Gasteiger partial charge in [0.05, 0.1) is 15.9 Å². The van der Waals surface area contributed by atoms with Crippen molar-refractivity contribution in [2.24, 2.45) is 18.8 Å². The lowest BCUT2D eigenvalue weighted by Crippen LogP contribution is -2.45. The van der Waals surface area contributed by atoms with E-state index in [-0.39, 0.29) is 24.8 Å². The normalized spacial score (nSPS) is 21.1. The van der Waals surface area contributed by atoms with Crippen LogP contribution in [0.25, 0.3) is 0 Å². The number of nitrogens with zero attached hydrogens (tertiary/aromatic N) is 2. The van der Waals surface area contributed by atoms with Gasteiger partial charge in [-0.15, -0.1) is 0 Å². The van der Waals surface area contributed by atoms with Crippen molar-refractivity contribution >= 4 is 15.9 Å². The summed E-state index contributed by atoms with van der Waals surface area (Å²) < 4.78 is 29.3. The zero-order valence-corrected chi connectivity index (χ0v) is 13.4. The van der Waals surface area contributed by atoms with E-state index >= 15 is 0 Å². The number of aryl methyl sites for hydroxylation is 2. The van der Waals surface area contributed by atoms with Gasteiger partial charge in [0, 0.05) is 32.4 Å². The first kappa shape index (κ1) is 15.9. The molecule has 1 aliphatic carbocycles. The molecule has 7 heteroatoms. The molecule has 1 heterocycles. The van der Waals surface area contributed by atoms with E-state index in [9.17, 15) is 8.78 Å². The predicted molar refractivity (Wildman–Crippen MR) is 77.4 cm³/mol. The molecule has 114 valence electrons. The first-order valence-corrected chi connectivity index (χ1v) is 7.65. The van der Waals surface area contributed by atoms with Crippen molar-refractivity contribution in [2.75, 3.05) is 0 Å². The molecule has 1 aromatic rings. The highest BCUT2D eigenvalue weighted by Gasteiger charge is 2.37. The molecule has 3 N–H and O–H groups in total. The third kappa shape index (κ3) is 3.38. The first-order chi connectivity index (χ1) is 9.34. The number of hydrazine groups is 1. The van der Waals surface area contributed by atoms with Crippen LogP contribution in [0.2, 0.25) is 0 Å². The van der Waals surface area contributed by atoms with E-state index in [1.165, 1.54) is 0 Å². The van der Waals surface area contributed by atoms with Crippen molar-refractivity contribution in [3.05, 3.63) is 15.9 Å². The summed E-state index contributed by atoms with van der Waals surface area (Å²) in [5.74, 6) is 3.33. The smallest absolute Gasteiger partial charge is 0.248 e. The molecule has 1 aliphatic rings. The zero-order chi connectivity index (χ0) is 14.9. The van der Waals surface area contributed by atoms with Gasteiger partial charge >= 0.3 is 0 Å². The van der Waals surface area contributed by atoms with E-state index in [0.29, 0.717) is 19.3 Å². The second-order valence-corrected chi connectivity index (χ2v) is 6.43. The zero-order valence-electron chi connectivity index (χ0n) is 11.8. The highest BCUT2D eigenvalue weighted by atomic mass is 79.9. The molecule has 1 unspecified atom stereocenters. The number of nitrogens with one attached hydrogen (secondary N) is 1. The molecule has 1 atom stereocenters. The molecule has 0 aromatic carbocycles. The van der Waals surface area contributed by atoms with Crippen molar-refractivity contribution < 1.29 is 8.78 Å². The second-order valence-electron chi connectivity index (χ2n) is 5.64. The van der Waals surface area contributed by atoms with Crippen LogP contribution >= 0.6 is 15.9 Å². The van der Waals surface area contributed by atoms with Crippen molar-refractivity contribution in [3.8, 4) is 0 Å². The maximum Gasteiger partial charge on any atom is 0.248 e. The molecule has 2 rings (SSSR count). The molecule has 0 amide bonds. The molecule has 0 saturated heterocycles. The molecule has 0 spiro atoms. The van der Waals surface area contributed by atoms with E-state index in [4.69, 9.17) is 5.84 Å². The molecule has 4 nitrogen and oxygen atoms in total. The Morgan fingerprint density at radius 3 is 2.55 bits per heavy atom. The van der Waals surface area contributed by atoms with Gasteiger partial charge in [-0.25, -0.2) is 8.78 Å². The van der Waals surface area contributed by atoms with Crippen molar-refractivity contribution in [3.63, 3.8) is 0 Å². The fourth-order valence-corrected chi connectivity index (χ4v) is 3.43. The minimum absolute atomic E-state index is 0.00259. The average Bonchev–Trinajstić information content (AvgIpc) is 2.62. The third-order valence-corrected chi connectivity index (χ3v) is 5.25. The van der Waals surface area contributed by atoms with E-state index in [2.05, 4.69) is 26.5 Å². The number of hydrogen-bond donors (Lipinski definition) is 2. The maximum atomic E-state index is 13.2. The van der Waals surface area contributed by atoms with Crippen LogP contribution in [-0.4, -0.2) is 21.7 Å². The number of halogens is 3. The van der Waals surface area contributed by atoms with Crippen LogP contribution in [-0.2, 0) is 13.5 Å². The molecule has 0 radical (unpaired) electrons. The van der Waals surface area contributed by atoms with Gasteiger partial charge in [0.15, 0.2) is 0 Å². The topological polar surface area (TPSA) is 55.9 Å². The summed E-state index contributed by atoms with van der Waals surface area (Å²) >= 11 is 3.53. The van der Waals surface area contributed by atoms with Crippen LogP contribution in [0.1, 0.15) is 37.1 Å². The maximum absolute atomic E-state index is 13.2. The number of nitrogens with two attached hydrogens (primary N) is 1. The quantitative estimate of drug-likeness (QED) is 0.648. The van der Waals surface area contributed by atoms with Gasteiger partial charge in [-0.2, -0.15) is 5.10 Å². The average molecular weight is 351 g/mol. The molecule has 0 bridgehead atoms. The van der Waals surface area contributed by atoms with Gasteiger partial charge < -0.3 is 0 Å². The summed E-state index contributed by atoms with van der Waals surface area (Å²) in [6, 6.07) is -0.00259. The highest BCUT2D eigenvalue weighted by Crippen LogP contribution is 2.38. The minimum Gasteiger partial charge on any atom is -0.271 e. The standard InChI is InChI=1S/C13H21BrF2N4/c1-8-12(14)11(20(2)19-8)7-10(18-17)9-3-5-13(15,16)6-4-9/h9-10,18H,3-7,17H2,1-2H3. The lowest BCUT2D eigenvalue weighted by Gasteiger charge is -2.33. The van der Waals surface area contributed by atoms with E-state index in [1.807, 2.05) is 18.7 Å². The Balaban J connectivity index is 2.06. The Morgan fingerprint density at radius 2 is 2.10 bits per heavy atom. The van der Waals surface area contributed by atoms with Gasteiger partial charge in [-0.3, -0.25) is 16.0 Å². The van der Waals surface area contributed by atoms with Crippen molar-refractivity contribution in [1.82, 2.24) is 15.2 Å². The van der Waals surface area contributed by atoms with E-state index in [0.717, 1.165) is 15.9 Å². The van der Waals surface area contributed by atoms with Crippen LogP contribution in [0.4, 0.5) is 8.78 Å². The van der Waals surface area contributed by atoms with E-state index in [1.54, 1.807) is 0 Å². The van der Waals surface area contributed by atoms with Gasteiger partial charge in [-0.05, 0) is 41.6 Å². The van der Waals surface area contributed by atoms with Crippen molar-refractivity contribution in [2.45, 2.75) is 51.0 Å². The van der Waals surface area contributed by atoms with Gasteiger partial charge in [-0.1, -0.05) is 0 Å². The van der Waals surface area contributed by atoms with Gasteiger partial charge in [0.1, 0.15) is 0 Å². The summed E-state index contributed by atoms with van der Waals surface area (Å²) in [5, 5.41) is 4.35. The van der Waals surface area contributed by atoms with Crippen LogP contribution in [0.15, 0.2) is 4.47 Å². The molecule has 1 aromatic heterocycles. The van der Waals surface area contributed by atoms with Crippen LogP contribution in [0.3, 0.4) is 0 Å². The van der Waals surface area contributed by atoms with Crippen molar-refractivity contribution in [1.29, 1.82) is 0 Å². The Hall–Kier alpha value is -0.530. The molecule has 1 saturated carbocycles. The first-order valence-electron chi connectivity index (χ1n) is 6.86. The number of alkyl halides is 2. The number of aromatic nitrogens is 2. The Kier molecular flexibility index (Phi) is 4.81. The van der Waals surface area contributed by atoms with Crippen LogP contribution in [0, 0.1) is 12.8 Å². The SMILES string of the molecule is Cc1nn(C)c(CC(NN)C2CCC(F)(F)CC2)c1Br. The second kappa shape index (κ2) is 6.07. The lowest BCUT2D eigenvalue weighted by atomic mass is 9.81. The fraction of sp³-hybridized carbons (Fsp3) is 0.769. The minimum atomic E-state index is -2.50. The molecule has 0 aliphatic heterocycles. The summed E-state index contributed by atoms with van der Waals surface area (Å²) in [4.78, 5) is 0. The van der Waals surface area contributed by atoms with E-state index < -0.39 is 5.92 Å². The van der Waals surface area contributed by atoms with Gasteiger partial charge in [0.2, 0.25) is 5.92 Å². The molecular weight excluding hydrogens is 330 g/mol. The summed E-state index contributed by atoms with van der Waals surface area (Å²) in [6.07, 6.45) is 1.63. The largest absolute Gasteiger partial charge is 0.271 e. The number of hydrogen-bond acceptors (Lipinski definition) is 3. The Bertz CT molecular complexity index is 465.